The Morgan fingerprint density at radius 1 is 1.26 bits per heavy atom. The molecule has 0 fully saturated rings. The Kier molecular flexibility index (Phi) is 4.79. The van der Waals surface area contributed by atoms with E-state index in [2.05, 4.69) is 26.0 Å². The number of hydrogen-bond acceptors (Lipinski definition) is 4. The van der Waals surface area contributed by atoms with Crippen molar-refractivity contribution < 1.29 is 17.9 Å². The number of benzene rings is 1. The van der Waals surface area contributed by atoms with Crippen LogP contribution in [0.1, 0.15) is 0 Å². The maximum Gasteiger partial charge on any atom is 0.573 e. The molecule has 0 aliphatic carbocycles. The van der Waals surface area contributed by atoms with Gasteiger partial charge in [0.2, 0.25) is 0 Å². The van der Waals surface area contributed by atoms with Crippen LogP contribution in [0.15, 0.2) is 34.4 Å². The first-order valence-electron chi connectivity index (χ1n) is 4.67. The molecule has 1 rings (SSSR count). The third-order valence-corrected chi connectivity index (χ3v) is 2.19. The van der Waals surface area contributed by atoms with Crippen LogP contribution >= 0.6 is 15.9 Å². The second kappa shape index (κ2) is 6.12. The van der Waals surface area contributed by atoms with Crippen LogP contribution < -0.4 is 10.1 Å². The van der Waals surface area contributed by atoms with Gasteiger partial charge in [-0.1, -0.05) is 15.9 Å². The fourth-order valence-electron chi connectivity index (χ4n) is 1.08. The highest BCUT2D eigenvalue weighted by atomic mass is 79.9. The standard InChI is InChI=1S/C11H5BrF3N3O/c12-8-1-9(18-6-7(4-16)5-17)3-10(2-8)19-11(13,14)15/h1-3,6,18H. The van der Waals surface area contributed by atoms with Gasteiger partial charge < -0.3 is 10.1 Å². The summed E-state index contributed by atoms with van der Waals surface area (Å²) in [6, 6.07) is 6.89. The largest absolute Gasteiger partial charge is 0.573 e. The molecular formula is C11H5BrF3N3O. The van der Waals surface area contributed by atoms with Crippen LogP contribution in [0.2, 0.25) is 0 Å². The molecular weight excluding hydrogens is 327 g/mol. The van der Waals surface area contributed by atoms with Gasteiger partial charge in [0.25, 0.3) is 0 Å². The van der Waals surface area contributed by atoms with Crippen molar-refractivity contribution in [3.63, 3.8) is 0 Å². The number of rotatable bonds is 3. The molecule has 0 saturated carbocycles. The van der Waals surface area contributed by atoms with E-state index in [4.69, 9.17) is 10.5 Å². The molecule has 1 N–H and O–H groups in total. The van der Waals surface area contributed by atoms with Gasteiger partial charge in [0, 0.05) is 22.4 Å². The van der Waals surface area contributed by atoms with Gasteiger partial charge in [-0.05, 0) is 12.1 Å². The quantitative estimate of drug-likeness (QED) is 0.857. The number of anilines is 1. The number of nitrogens with zero attached hydrogens (tertiary/aromatic N) is 2. The summed E-state index contributed by atoms with van der Waals surface area (Å²) in [5.74, 6) is -0.423. The first kappa shape index (κ1) is 14.9. The number of halogens is 4. The first-order valence-corrected chi connectivity index (χ1v) is 5.46. The lowest BCUT2D eigenvalue weighted by molar-refractivity contribution is -0.274. The Labute approximate surface area is 114 Å². The SMILES string of the molecule is N#CC(C#N)=CNc1cc(Br)cc(OC(F)(F)F)c1. The highest BCUT2D eigenvalue weighted by Crippen LogP contribution is 2.29. The van der Waals surface area contributed by atoms with E-state index in [1.54, 1.807) is 12.1 Å². The summed E-state index contributed by atoms with van der Waals surface area (Å²) in [6.07, 6.45) is -3.71. The van der Waals surface area contributed by atoms with E-state index in [9.17, 15) is 13.2 Å². The summed E-state index contributed by atoms with van der Waals surface area (Å²) in [6.45, 7) is 0. The van der Waals surface area contributed by atoms with Crippen molar-refractivity contribution in [1.82, 2.24) is 0 Å². The number of hydrogen-bond donors (Lipinski definition) is 1. The van der Waals surface area contributed by atoms with E-state index in [1.165, 1.54) is 6.07 Å². The number of alkyl halides is 3. The molecule has 0 amide bonds. The van der Waals surface area contributed by atoms with Crippen molar-refractivity contribution >= 4 is 21.6 Å². The van der Waals surface area contributed by atoms with Gasteiger partial charge in [-0.15, -0.1) is 13.2 Å². The molecule has 1 aromatic carbocycles. The van der Waals surface area contributed by atoms with Crippen LogP contribution in [0.3, 0.4) is 0 Å². The molecule has 0 heterocycles. The predicted molar refractivity (Wildman–Crippen MR) is 63.8 cm³/mol. The topological polar surface area (TPSA) is 68.8 Å². The molecule has 4 nitrogen and oxygen atoms in total. The Morgan fingerprint density at radius 3 is 2.42 bits per heavy atom. The van der Waals surface area contributed by atoms with Crippen molar-refractivity contribution in [3.05, 3.63) is 34.4 Å². The summed E-state index contributed by atoms with van der Waals surface area (Å²) >= 11 is 3.02. The molecule has 0 unspecified atom stereocenters. The summed E-state index contributed by atoms with van der Waals surface area (Å²) < 4.78 is 40.3. The van der Waals surface area contributed by atoms with Gasteiger partial charge in [-0.2, -0.15) is 10.5 Å². The van der Waals surface area contributed by atoms with E-state index in [0.29, 0.717) is 4.47 Å². The number of nitriles is 2. The average molecular weight is 332 g/mol. The second-order valence-corrected chi connectivity index (χ2v) is 4.07. The lowest BCUT2D eigenvalue weighted by Gasteiger charge is -2.10. The maximum atomic E-state index is 12.1. The Bertz CT molecular complexity index is 568. The Hall–Kier alpha value is -2.19. The molecule has 0 aliphatic heterocycles. The molecule has 0 atom stereocenters. The molecule has 1 aromatic rings. The second-order valence-electron chi connectivity index (χ2n) is 3.15. The van der Waals surface area contributed by atoms with Crippen LogP contribution in [-0.4, -0.2) is 6.36 Å². The third kappa shape index (κ3) is 5.32. The summed E-state index contributed by atoms with van der Waals surface area (Å²) in [4.78, 5) is 0. The van der Waals surface area contributed by atoms with E-state index in [-0.39, 0.29) is 11.3 Å². The summed E-state index contributed by atoms with van der Waals surface area (Å²) in [7, 11) is 0. The van der Waals surface area contributed by atoms with E-state index >= 15 is 0 Å². The van der Waals surface area contributed by atoms with Crippen LogP contribution in [0.5, 0.6) is 5.75 Å². The van der Waals surface area contributed by atoms with Crippen molar-refractivity contribution in [2.75, 3.05) is 5.32 Å². The highest BCUT2D eigenvalue weighted by molar-refractivity contribution is 9.10. The maximum absolute atomic E-state index is 12.1. The Balaban J connectivity index is 2.96. The number of nitrogens with one attached hydrogen (secondary N) is 1. The molecule has 98 valence electrons. The van der Waals surface area contributed by atoms with Crippen molar-refractivity contribution in [2.24, 2.45) is 0 Å². The minimum Gasteiger partial charge on any atom is -0.406 e. The van der Waals surface area contributed by atoms with E-state index in [1.807, 2.05) is 0 Å². The monoisotopic (exact) mass is 331 g/mol. The minimum atomic E-state index is -4.79. The first-order chi connectivity index (χ1) is 8.84. The summed E-state index contributed by atoms with van der Waals surface area (Å²) in [5, 5.41) is 19.5. The van der Waals surface area contributed by atoms with Gasteiger partial charge >= 0.3 is 6.36 Å². The van der Waals surface area contributed by atoms with Crippen LogP contribution in [0.25, 0.3) is 0 Å². The van der Waals surface area contributed by atoms with Gasteiger partial charge in [0.1, 0.15) is 23.5 Å². The molecule has 0 radical (unpaired) electrons. The van der Waals surface area contributed by atoms with Crippen molar-refractivity contribution in [2.45, 2.75) is 6.36 Å². The molecule has 0 aliphatic rings. The van der Waals surface area contributed by atoms with Crippen molar-refractivity contribution in [1.29, 1.82) is 10.5 Å². The van der Waals surface area contributed by atoms with Crippen LogP contribution in [0, 0.1) is 22.7 Å². The lowest BCUT2D eigenvalue weighted by atomic mass is 10.3. The molecule has 0 bridgehead atoms. The van der Waals surface area contributed by atoms with E-state index < -0.39 is 12.1 Å². The zero-order valence-corrected chi connectivity index (χ0v) is 10.7. The number of allylic oxidation sites excluding steroid dienone is 1. The fourth-order valence-corrected chi connectivity index (χ4v) is 1.56. The van der Waals surface area contributed by atoms with Crippen molar-refractivity contribution in [3.8, 4) is 17.9 Å². The Morgan fingerprint density at radius 2 is 1.89 bits per heavy atom. The van der Waals surface area contributed by atoms with Crippen LogP contribution in [-0.2, 0) is 0 Å². The zero-order valence-electron chi connectivity index (χ0n) is 9.12. The molecule has 8 heteroatoms. The van der Waals surface area contributed by atoms with Gasteiger partial charge in [0.15, 0.2) is 0 Å². The highest BCUT2D eigenvalue weighted by Gasteiger charge is 2.31. The van der Waals surface area contributed by atoms with E-state index in [0.717, 1.165) is 18.3 Å². The van der Waals surface area contributed by atoms with Gasteiger partial charge in [0.05, 0.1) is 0 Å². The lowest BCUT2D eigenvalue weighted by Crippen LogP contribution is -2.17. The van der Waals surface area contributed by atoms with Crippen LogP contribution in [0.4, 0.5) is 18.9 Å². The molecule has 0 saturated heterocycles. The molecule has 0 spiro atoms. The zero-order chi connectivity index (χ0) is 14.5. The van der Waals surface area contributed by atoms with Gasteiger partial charge in [-0.3, -0.25) is 0 Å². The van der Waals surface area contributed by atoms with Gasteiger partial charge in [-0.25, -0.2) is 0 Å². The predicted octanol–water partition coefficient (Wildman–Crippen LogP) is 3.69. The smallest absolute Gasteiger partial charge is 0.406 e. The fraction of sp³-hybridized carbons (Fsp3) is 0.0909. The number of ether oxygens (including phenoxy) is 1. The minimum absolute atomic E-state index is 0.210. The summed E-state index contributed by atoms with van der Waals surface area (Å²) in [5.41, 5.74) is 0.0230. The normalized spacial score (nSPS) is 10.0. The molecule has 0 aromatic heterocycles. The average Bonchev–Trinajstić information content (AvgIpc) is 2.27. The third-order valence-electron chi connectivity index (χ3n) is 1.73. The molecule has 19 heavy (non-hydrogen) atoms.